The van der Waals surface area contributed by atoms with Crippen LogP contribution >= 0.6 is 0 Å². The van der Waals surface area contributed by atoms with Crippen molar-refractivity contribution in [2.24, 2.45) is 5.92 Å². The lowest BCUT2D eigenvalue weighted by Crippen LogP contribution is -2.30. The molecule has 32 heavy (non-hydrogen) atoms. The summed E-state index contributed by atoms with van der Waals surface area (Å²) < 4.78 is 6.00. The van der Waals surface area contributed by atoms with E-state index in [4.69, 9.17) is 4.74 Å². The second-order valence-electron chi connectivity index (χ2n) is 8.74. The largest absolute Gasteiger partial charge is 0.507 e. The Morgan fingerprint density at radius 1 is 1.19 bits per heavy atom. The molecule has 0 fully saturated rings. The van der Waals surface area contributed by atoms with Crippen LogP contribution in [0.5, 0.6) is 11.5 Å². The minimum Gasteiger partial charge on any atom is -0.507 e. The van der Waals surface area contributed by atoms with E-state index in [1.165, 1.54) is 0 Å². The normalized spacial score (nSPS) is 15.4. The van der Waals surface area contributed by atoms with Gasteiger partial charge in [0.05, 0.1) is 12.6 Å². The first-order valence-corrected chi connectivity index (χ1v) is 11.4. The van der Waals surface area contributed by atoms with Crippen LogP contribution in [-0.4, -0.2) is 39.3 Å². The summed E-state index contributed by atoms with van der Waals surface area (Å²) in [5.41, 5.74) is 3.52. The number of benzene rings is 2. The van der Waals surface area contributed by atoms with E-state index in [9.17, 15) is 9.90 Å². The molecule has 0 unspecified atom stereocenters. The Hall–Kier alpha value is -3.28. The Balaban J connectivity index is 1.76. The molecule has 0 saturated carbocycles. The summed E-state index contributed by atoms with van der Waals surface area (Å²) >= 11 is 0. The molecule has 0 spiro atoms. The average molecular weight is 434 g/mol. The van der Waals surface area contributed by atoms with E-state index < -0.39 is 0 Å². The lowest BCUT2D eigenvalue weighted by molar-refractivity contribution is 0.0741. The van der Waals surface area contributed by atoms with Crippen LogP contribution in [0.1, 0.15) is 67.7 Å². The van der Waals surface area contributed by atoms with Crippen LogP contribution in [0.3, 0.4) is 0 Å². The Morgan fingerprint density at radius 2 is 2.00 bits per heavy atom. The molecule has 1 atom stereocenters. The summed E-state index contributed by atoms with van der Waals surface area (Å²) in [5.74, 6) is 1.46. The van der Waals surface area contributed by atoms with E-state index >= 15 is 0 Å². The number of phenolic OH excluding ortho intramolecular Hbond substituents is 1. The number of para-hydroxylation sites is 1. The van der Waals surface area contributed by atoms with Crippen molar-refractivity contribution in [2.45, 2.75) is 46.1 Å². The number of aromatic amines is 1. The van der Waals surface area contributed by atoms with Crippen LogP contribution < -0.4 is 4.74 Å². The van der Waals surface area contributed by atoms with Gasteiger partial charge in [-0.3, -0.25) is 9.89 Å². The summed E-state index contributed by atoms with van der Waals surface area (Å²) in [6.45, 7) is 7.78. The van der Waals surface area contributed by atoms with Crippen molar-refractivity contribution >= 4 is 5.91 Å². The predicted molar refractivity (Wildman–Crippen MR) is 125 cm³/mol. The highest BCUT2D eigenvalue weighted by atomic mass is 16.5. The summed E-state index contributed by atoms with van der Waals surface area (Å²) in [4.78, 5) is 15.2. The van der Waals surface area contributed by atoms with E-state index in [2.05, 4.69) is 31.0 Å². The maximum absolute atomic E-state index is 13.3. The molecule has 3 aromatic rings. The topological polar surface area (TPSA) is 78.5 Å². The highest BCUT2D eigenvalue weighted by Gasteiger charge is 2.42. The molecule has 0 bridgehead atoms. The fourth-order valence-electron chi connectivity index (χ4n) is 4.17. The first-order valence-electron chi connectivity index (χ1n) is 11.4. The molecule has 4 rings (SSSR count). The molecule has 1 aromatic heterocycles. The first-order chi connectivity index (χ1) is 15.5. The number of hydrogen-bond donors (Lipinski definition) is 2. The fourth-order valence-corrected chi connectivity index (χ4v) is 4.17. The van der Waals surface area contributed by atoms with Gasteiger partial charge >= 0.3 is 0 Å². The molecular weight excluding hydrogens is 402 g/mol. The summed E-state index contributed by atoms with van der Waals surface area (Å²) in [6, 6.07) is 14.8. The SMILES string of the molecule is CCCCN1C(=O)c2[nH]nc(-c3ccccc3O)c2[C@@H]1c1cccc(OCCC(C)C)c1. The van der Waals surface area contributed by atoms with Crippen molar-refractivity contribution in [1.29, 1.82) is 0 Å². The molecular formula is C26H31N3O3. The van der Waals surface area contributed by atoms with Crippen LogP contribution in [0.25, 0.3) is 11.3 Å². The van der Waals surface area contributed by atoms with Crippen molar-refractivity contribution in [3.8, 4) is 22.8 Å². The molecule has 1 aliphatic rings. The molecule has 6 heteroatoms. The third-order valence-electron chi connectivity index (χ3n) is 5.91. The molecule has 2 N–H and O–H groups in total. The van der Waals surface area contributed by atoms with Gasteiger partial charge in [-0.15, -0.1) is 0 Å². The quantitative estimate of drug-likeness (QED) is 0.464. The van der Waals surface area contributed by atoms with Crippen molar-refractivity contribution < 1.29 is 14.6 Å². The zero-order valence-corrected chi connectivity index (χ0v) is 19.0. The first kappa shape index (κ1) is 21.9. The number of hydrogen-bond acceptors (Lipinski definition) is 4. The molecule has 168 valence electrons. The zero-order valence-electron chi connectivity index (χ0n) is 19.0. The number of aromatic hydroxyl groups is 1. The monoisotopic (exact) mass is 433 g/mol. The van der Waals surface area contributed by atoms with E-state index in [1.807, 2.05) is 41.3 Å². The number of rotatable bonds is 9. The average Bonchev–Trinajstić information content (AvgIpc) is 3.31. The van der Waals surface area contributed by atoms with E-state index in [-0.39, 0.29) is 17.7 Å². The van der Waals surface area contributed by atoms with Crippen LogP contribution in [0.4, 0.5) is 0 Å². The van der Waals surface area contributed by atoms with Gasteiger partial charge in [0.2, 0.25) is 0 Å². The number of nitrogens with one attached hydrogen (secondary N) is 1. The van der Waals surface area contributed by atoms with Crippen LogP contribution in [0.2, 0.25) is 0 Å². The van der Waals surface area contributed by atoms with Gasteiger partial charge in [0.1, 0.15) is 22.9 Å². The van der Waals surface area contributed by atoms with Gasteiger partial charge in [0.25, 0.3) is 5.91 Å². The number of phenols is 1. The number of carbonyl (C=O) groups excluding carboxylic acids is 1. The maximum atomic E-state index is 13.3. The number of unbranched alkanes of at least 4 members (excludes halogenated alkanes) is 1. The molecule has 1 amide bonds. The van der Waals surface area contributed by atoms with Crippen LogP contribution in [0, 0.1) is 5.92 Å². The fraction of sp³-hybridized carbons (Fsp3) is 0.385. The lowest BCUT2D eigenvalue weighted by Gasteiger charge is -2.26. The lowest BCUT2D eigenvalue weighted by atomic mass is 9.95. The van der Waals surface area contributed by atoms with E-state index in [0.717, 1.165) is 36.1 Å². The molecule has 0 saturated heterocycles. The Morgan fingerprint density at radius 3 is 2.75 bits per heavy atom. The number of amides is 1. The molecule has 6 nitrogen and oxygen atoms in total. The number of fused-ring (bicyclic) bond motifs is 1. The highest BCUT2D eigenvalue weighted by Crippen LogP contribution is 2.44. The van der Waals surface area contributed by atoms with Gasteiger partial charge in [0, 0.05) is 17.7 Å². The third-order valence-corrected chi connectivity index (χ3v) is 5.91. The second-order valence-corrected chi connectivity index (χ2v) is 8.74. The molecule has 2 heterocycles. The number of ether oxygens (including phenoxy) is 1. The molecule has 1 aliphatic heterocycles. The summed E-state index contributed by atoms with van der Waals surface area (Å²) in [7, 11) is 0. The number of nitrogens with zero attached hydrogens (tertiary/aromatic N) is 2. The standard InChI is InChI=1S/C26H31N3O3/c1-4-5-14-29-25(18-9-8-10-19(16-18)32-15-13-17(2)3)22-23(27-28-24(22)26(29)31)20-11-6-7-12-21(20)30/h6-12,16-17,25,30H,4-5,13-15H2,1-3H3,(H,27,28)/t25-/m0/s1. The number of aromatic nitrogens is 2. The van der Waals surface area contributed by atoms with Crippen LogP contribution in [-0.2, 0) is 0 Å². The predicted octanol–water partition coefficient (Wildman–Crippen LogP) is 5.55. The van der Waals surface area contributed by atoms with Crippen molar-refractivity contribution in [1.82, 2.24) is 15.1 Å². The number of carbonyl (C=O) groups is 1. The molecule has 0 aliphatic carbocycles. The summed E-state index contributed by atoms with van der Waals surface area (Å²) in [5, 5.41) is 17.8. The van der Waals surface area contributed by atoms with Crippen molar-refractivity contribution in [3.63, 3.8) is 0 Å². The highest BCUT2D eigenvalue weighted by molar-refractivity contribution is 6.00. The second kappa shape index (κ2) is 9.47. The van der Waals surface area contributed by atoms with Gasteiger partial charge in [-0.05, 0) is 48.6 Å². The third kappa shape index (κ3) is 4.22. The van der Waals surface area contributed by atoms with E-state index in [0.29, 0.717) is 36.0 Å². The Bertz CT molecular complexity index is 1090. The Labute approximate surface area is 189 Å². The van der Waals surface area contributed by atoms with Gasteiger partial charge in [-0.1, -0.05) is 51.5 Å². The zero-order chi connectivity index (χ0) is 22.7. The van der Waals surface area contributed by atoms with Crippen molar-refractivity contribution in [2.75, 3.05) is 13.2 Å². The van der Waals surface area contributed by atoms with Gasteiger partial charge in [-0.25, -0.2) is 0 Å². The molecule has 2 aromatic carbocycles. The van der Waals surface area contributed by atoms with Gasteiger partial charge in [0.15, 0.2) is 0 Å². The Kier molecular flexibility index (Phi) is 6.49. The molecule has 0 radical (unpaired) electrons. The van der Waals surface area contributed by atoms with Gasteiger partial charge < -0.3 is 14.7 Å². The minimum atomic E-state index is -0.286. The minimum absolute atomic E-state index is 0.0567. The van der Waals surface area contributed by atoms with Crippen molar-refractivity contribution in [3.05, 3.63) is 65.4 Å². The maximum Gasteiger partial charge on any atom is 0.273 e. The van der Waals surface area contributed by atoms with E-state index in [1.54, 1.807) is 12.1 Å². The smallest absolute Gasteiger partial charge is 0.273 e. The van der Waals surface area contributed by atoms with Crippen LogP contribution in [0.15, 0.2) is 48.5 Å². The summed E-state index contributed by atoms with van der Waals surface area (Å²) in [6.07, 6.45) is 2.89. The number of H-pyrrole nitrogens is 1. The van der Waals surface area contributed by atoms with Gasteiger partial charge in [-0.2, -0.15) is 5.10 Å².